The molecule has 1 aromatic carbocycles. The van der Waals surface area contributed by atoms with Crippen LogP contribution < -0.4 is 10.5 Å². The van der Waals surface area contributed by atoms with Crippen LogP contribution >= 0.6 is 27.5 Å². The molecule has 5 nitrogen and oxygen atoms in total. The van der Waals surface area contributed by atoms with E-state index in [1.807, 2.05) is 0 Å². The predicted molar refractivity (Wildman–Crippen MR) is 78.6 cm³/mol. The topological polar surface area (TPSA) is 85.1 Å². The molecule has 1 heterocycles. The number of benzene rings is 1. The van der Waals surface area contributed by atoms with Gasteiger partial charge in [0.15, 0.2) is 0 Å². The minimum atomic E-state index is -3.73. The average Bonchev–Trinajstić information content (AvgIpc) is 2.35. The van der Waals surface area contributed by atoms with Crippen LogP contribution in [0.5, 0.6) is 0 Å². The van der Waals surface area contributed by atoms with Gasteiger partial charge in [-0.15, -0.1) is 0 Å². The molecule has 0 radical (unpaired) electrons. The minimum absolute atomic E-state index is 0.0341. The van der Waals surface area contributed by atoms with Crippen LogP contribution in [-0.2, 0) is 10.0 Å². The normalized spacial score (nSPS) is 11.3. The van der Waals surface area contributed by atoms with Gasteiger partial charge >= 0.3 is 0 Å². The number of sulfonamides is 1. The monoisotopic (exact) mass is 361 g/mol. The molecule has 0 atom stereocenters. The van der Waals surface area contributed by atoms with Crippen LogP contribution in [0.1, 0.15) is 0 Å². The number of aromatic nitrogens is 1. The van der Waals surface area contributed by atoms with Crippen LogP contribution in [0.15, 0.2) is 45.9 Å². The van der Waals surface area contributed by atoms with Crippen molar-refractivity contribution < 1.29 is 8.42 Å². The van der Waals surface area contributed by atoms with Gasteiger partial charge < -0.3 is 5.73 Å². The highest BCUT2D eigenvalue weighted by Gasteiger charge is 2.16. The van der Waals surface area contributed by atoms with Gasteiger partial charge in [0.25, 0.3) is 10.0 Å². The lowest BCUT2D eigenvalue weighted by Gasteiger charge is -2.10. The highest BCUT2D eigenvalue weighted by molar-refractivity contribution is 9.10. The van der Waals surface area contributed by atoms with Gasteiger partial charge in [-0.1, -0.05) is 17.7 Å². The molecule has 2 aromatic rings. The summed E-state index contributed by atoms with van der Waals surface area (Å²) in [6, 6.07) is 7.52. The molecule has 0 bridgehead atoms. The van der Waals surface area contributed by atoms with Crippen molar-refractivity contribution >= 4 is 49.1 Å². The fraction of sp³-hybridized carbons (Fsp3) is 0. The van der Waals surface area contributed by atoms with Crippen LogP contribution in [0.4, 0.5) is 11.5 Å². The molecule has 0 amide bonds. The third-order valence-electron chi connectivity index (χ3n) is 2.26. The second kappa shape index (κ2) is 5.36. The minimum Gasteiger partial charge on any atom is -0.384 e. The van der Waals surface area contributed by atoms with Gasteiger partial charge in [-0.2, -0.15) is 0 Å². The Balaban J connectivity index is 2.39. The summed E-state index contributed by atoms with van der Waals surface area (Å²) < 4.78 is 27.2. The summed E-state index contributed by atoms with van der Waals surface area (Å²) in [5.74, 6) is 0.132. The number of pyridine rings is 1. The molecule has 0 spiro atoms. The zero-order valence-corrected chi connectivity index (χ0v) is 12.6. The molecule has 3 N–H and O–H groups in total. The lowest BCUT2D eigenvalue weighted by Crippen LogP contribution is -2.13. The van der Waals surface area contributed by atoms with Gasteiger partial charge in [-0.3, -0.25) is 4.72 Å². The van der Waals surface area contributed by atoms with Crippen molar-refractivity contribution in [3.05, 3.63) is 46.0 Å². The number of hydrogen-bond acceptors (Lipinski definition) is 4. The van der Waals surface area contributed by atoms with E-state index in [1.165, 1.54) is 18.3 Å². The Labute approximate surface area is 124 Å². The van der Waals surface area contributed by atoms with E-state index in [0.29, 0.717) is 15.2 Å². The van der Waals surface area contributed by atoms with Crippen LogP contribution in [0.25, 0.3) is 0 Å². The van der Waals surface area contributed by atoms with E-state index in [9.17, 15) is 8.42 Å². The molecule has 8 heteroatoms. The number of nitrogens with two attached hydrogens (primary N) is 1. The molecule has 0 aliphatic heterocycles. The molecule has 0 aliphatic carbocycles. The molecule has 1 aromatic heterocycles. The fourth-order valence-corrected chi connectivity index (χ4v) is 3.14. The second-order valence-electron chi connectivity index (χ2n) is 3.62. The van der Waals surface area contributed by atoms with Crippen molar-refractivity contribution in [2.75, 3.05) is 10.5 Å². The average molecular weight is 363 g/mol. The van der Waals surface area contributed by atoms with Crippen molar-refractivity contribution in [1.82, 2.24) is 4.98 Å². The van der Waals surface area contributed by atoms with Crippen LogP contribution in [0, 0.1) is 0 Å². The third-order valence-corrected chi connectivity index (χ3v) is 5.02. The number of halogens is 2. The highest BCUT2D eigenvalue weighted by Crippen LogP contribution is 2.31. The van der Waals surface area contributed by atoms with Gasteiger partial charge in [0.2, 0.25) is 0 Å². The summed E-state index contributed by atoms with van der Waals surface area (Å²) >= 11 is 9.13. The Kier molecular flexibility index (Phi) is 3.98. The molecule has 0 aliphatic rings. The SMILES string of the molecule is Nc1cc(S(=O)(=O)Nc2cccc(Cl)c2Br)ccn1. The highest BCUT2D eigenvalue weighted by atomic mass is 79.9. The Morgan fingerprint density at radius 3 is 2.74 bits per heavy atom. The van der Waals surface area contributed by atoms with Crippen molar-refractivity contribution in [2.45, 2.75) is 4.90 Å². The number of rotatable bonds is 3. The van der Waals surface area contributed by atoms with Crippen molar-refractivity contribution in [1.29, 1.82) is 0 Å². The van der Waals surface area contributed by atoms with Crippen molar-refractivity contribution in [3.63, 3.8) is 0 Å². The maximum atomic E-state index is 12.2. The molecule has 0 fully saturated rings. The third kappa shape index (κ3) is 3.17. The first-order valence-corrected chi connectivity index (χ1v) is 7.74. The van der Waals surface area contributed by atoms with Crippen LogP contribution in [-0.4, -0.2) is 13.4 Å². The fourth-order valence-electron chi connectivity index (χ4n) is 1.38. The van der Waals surface area contributed by atoms with Crippen LogP contribution in [0.3, 0.4) is 0 Å². The summed E-state index contributed by atoms with van der Waals surface area (Å²) in [5, 5.41) is 0.412. The Morgan fingerprint density at radius 1 is 1.32 bits per heavy atom. The van der Waals surface area contributed by atoms with E-state index < -0.39 is 10.0 Å². The van der Waals surface area contributed by atoms with E-state index in [-0.39, 0.29) is 10.7 Å². The van der Waals surface area contributed by atoms with Crippen LogP contribution in [0.2, 0.25) is 5.02 Å². The zero-order valence-electron chi connectivity index (χ0n) is 9.47. The second-order valence-corrected chi connectivity index (χ2v) is 6.51. The van der Waals surface area contributed by atoms with E-state index in [0.717, 1.165) is 0 Å². The number of anilines is 2. The summed E-state index contributed by atoms with van der Waals surface area (Å²) in [4.78, 5) is 3.78. The smallest absolute Gasteiger partial charge is 0.262 e. The summed E-state index contributed by atoms with van der Waals surface area (Å²) in [7, 11) is -3.73. The Morgan fingerprint density at radius 2 is 2.05 bits per heavy atom. The number of nitrogens with zero attached hydrogens (tertiary/aromatic N) is 1. The molecule has 0 saturated heterocycles. The zero-order chi connectivity index (χ0) is 14.0. The maximum absolute atomic E-state index is 12.2. The maximum Gasteiger partial charge on any atom is 0.262 e. The number of nitrogens with one attached hydrogen (secondary N) is 1. The largest absolute Gasteiger partial charge is 0.384 e. The first-order valence-electron chi connectivity index (χ1n) is 5.08. The van der Waals surface area contributed by atoms with Gasteiger partial charge in [0.1, 0.15) is 5.82 Å². The standard InChI is InChI=1S/C11H9BrClN3O2S/c12-11-8(13)2-1-3-9(11)16-19(17,18)7-4-5-15-10(14)6-7/h1-6,16H,(H2,14,15). The van der Waals surface area contributed by atoms with Gasteiger partial charge in [-0.05, 0) is 34.1 Å². The number of nitrogen functional groups attached to an aromatic ring is 1. The Hall–Kier alpha value is -1.31. The van der Waals surface area contributed by atoms with E-state index in [1.54, 1.807) is 18.2 Å². The summed E-state index contributed by atoms with van der Waals surface area (Å²) in [6.07, 6.45) is 1.33. The summed E-state index contributed by atoms with van der Waals surface area (Å²) in [5.41, 5.74) is 5.82. The molecular weight excluding hydrogens is 354 g/mol. The molecule has 19 heavy (non-hydrogen) atoms. The summed E-state index contributed by atoms with van der Waals surface area (Å²) in [6.45, 7) is 0. The lowest BCUT2D eigenvalue weighted by atomic mass is 10.3. The molecule has 2 rings (SSSR count). The van der Waals surface area contributed by atoms with Crippen molar-refractivity contribution in [3.8, 4) is 0 Å². The quantitative estimate of drug-likeness (QED) is 0.879. The van der Waals surface area contributed by atoms with Gasteiger partial charge in [-0.25, -0.2) is 13.4 Å². The van der Waals surface area contributed by atoms with E-state index >= 15 is 0 Å². The number of hydrogen-bond donors (Lipinski definition) is 2. The lowest BCUT2D eigenvalue weighted by molar-refractivity contribution is 0.601. The van der Waals surface area contributed by atoms with Gasteiger partial charge in [0, 0.05) is 12.3 Å². The predicted octanol–water partition coefficient (Wildman–Crippen LogP) is 2.88. The molecule has 0 saturated carbocycles. The first kappa shape index (κ1) is 14.1. The van der Waals surface area contributed by atoms with E-state index in [2.05, 4.69) is 25.6 Å². The van der Waals surface area contributed by atoms with Gasteiger partial charge in [0.05, 0.1) is 20.1 Å². The van der Waals surface area contributed by atoms with Crippen molar-refractivity contribution in [2.24, 2.45) is 0 Å². The molecule has 0 unspecified atom stereocenters. The van der Waals surface area contributed by atoms with E-state index in [4.69, 9.17) is 17.3 Å². The molecule has 100 valence electrons. The molecular formula is C11H9BrClN3O2S. The first-order chi connectivity index (χ1) is 8.90. The Bertz CT molecular complexity index is 722.